The van der Waals surface area contributed by atoms with E-state index in [1.165, 1.54) is 0 Å². The summed E-state index contributed by atoms with van der Waals surface area (Å²) < 4.78 is 5.19. The molecule has 0 saturated carbocycles. The van der Waals surface area contributed by atoms with E-state index in [9.17, 15) is 9.90 Å². The molecule has 0 unspecified atom stereocenters. The molecule has 2 aromatic rings. The predicted molar refractivity (Wildman–Crippen MR) is 90.7 cm³/mol. The van der Waals surface area contributed by atoms with E-state index in [0.29, 0.717) is 19.5 Å². The Bertz CT molecular complexity index is 690. The van der Waals surface area contributed by atoms with Crippen molar-refractivity contribution in [2.75, 3.05) is 20.2 Å². The van der Waals surface area contributed by atoms with E-state index in [1.54, 1.807) is 24.4 Å². The van der Waals surface area contributed by atoms with Gasteiger partial charge < -0.3 is 14.7 Å². The van der Waals surface area contributed by atoms with Crippen molar-refractivity contribution in [2.24, 2.45) is 5.92 Å². The molecule has 1 N–H and O–H groups in total. The van der Waals surface area contributed by atoms with Gasteiger partial charge in [0.05, 0.1) is 19.6 Å². The molecular weight excluding hydrogens is 304 g/mol. The average Bonchev–Trinajstić information content (AvgIpc) is 2.97. The maximum atomic E-state index is 12.5. The van der Waals surface area contributed by atoms with Gasteiger partial charge in [-0.1, -0.05) is 12.1 Å². The number of pyridine rings is 1. The van der Waals surface area contributed by atoms with Crippen LogP contribution in [-0.4, -0.2) is 47.2 Å². The summed E-state index contributed by atoms with van der Waals surface area (Å²) in [6.07, 6.45) is 4.11. The van der Waals surface area contributed by atoms with Crippen molar-refractivity contribution >= 4 is 5.91 Å². The van der Waals surface area contributed by atoms with Crippen LogP contribution in [0.3, 0.4) is 0 Å². The van der Waals surface area contributed by atoms with E-state index < -0.39 is 6.10 Å². The number of benzene rings is 1. The number of aromatic nitrogens is 1. The molecule has 0 aliphatic carbocycles. The van der Waals surface area contributed by atoms with Gasteiger partial charge in [-0.15, -0.1) is 0 Å². The first-order valence-corrected chi connectivity index (χ1v) is 8.13. The fourth-order valence-electron chi connectivity index (χ4n) is 3.15. The van der Waals surface area contributed by atoms with E-state index >= 15 is 0 Å². The number of methoxy groups -OCH3 is 1. The molecule has 3 rings (SSSR count). The van der Waals surface area contributed by atoms with Crippen LogP contribution in [0.2, 0.25) is 0 Å². The predicted octanol–water partition coefficient (Wildman–Crippen LogP) is 1.69. The molecule has 1 aliphatic rings. The Morgan fingerprint density at radius 2 is 2.04 bits per heavy atom. The molecular formula is C19H22N2O3. The molecule has 0 bridgehead atoms. The number of aliphatic hydroxyl groups excluding tert-OH is 1. The number of rotatable bonds is 5. The third kappa shape index (κ3) is 3.92. The summed E-state index contributed by atoms with van der Waals surface area (Å²) in [5.74, 6) is 0.860. The van der Waals surface area contributed by atoms with Crippen molar-refractivity contribution in [2.45, 2.75) is 18.9 Å². The maximum Gasteiger partial charge on any atom is 0.227 e. The topological polar surface area (TPSA) is 62.7 Å². The normalized spacial score (nSPS) is 20.2. The summed E-state index contributed by atoms with van der Waals surface area (Å²) in [5.41, 5.74) is 2.06. The highest BCUT2D eigenvalue weighted by Gasteiger charge is 2.33. The quantitative estimate of drug-likeness (QED) is 0.908. The van der Waals surface area contributed by atoms with Gasteiger partial charge >= 0.3 is 0 Å². The summed E-state index contributed by atoms with van der Waals surface area (Å²) in [6.45, 7) is 0.991. The summed E-state index contributed by atoms with van der Waals surface area (Å²) in [6, 6.07) is 11.4. The van der Waals surface area contributed by atoms with Gasteiger partial charge in [-0.25, -0.2) is 0 Å². The highest BCUT2D eigenvalue weighted by molar-refractivity contribution is 5.79. The van der Waals surface area contributed by atoms with E-state index in [-0.39, 0.29) is 11.8 Å². The first-order chi connectivity index (χ1) is 11.7. The minimum Gasteiger partial charge on any atom is -0.497 e. The lowest BCUT2D eigenvalue weighted by Crippen LogP contribution is -2.31. The Balaban J connectivity index is 1.60. The van der Waals surface area contributed by atoms with Crippen LogP contribution in [0.4, 0.5) is 0 Å². The van der Waals surface area contributed by atoms with Gasteiger partial charge in [0.2, 0.25) is 5.91 Å². The molecule has 0 spiro atoms. The summed E-state index contributed by atoms with van der Waals surface area (Å²) in [7, 11) is 1.61. The molecule has 5 heteroatoms. The van der Waals surface area contributed by atoms with Crippen LogP contribution in [-0.2, 0) is 17.6 Å². The molecule has 24 heavy (non-hydrogen) atoms. The van der Waals surface area contributed by atoms with Crippen LogP contribution < -0.4 is 4.74 Å². The zero-order valence-corrected chi connectivity index (χ0v) is 13.8. The number of aliphatic hydroxyl groups is 1. The smallest absolute Gasteiger partial charge is 0.227 e. The van der Waals surface area contributed by atoms with Crippen LogP contribution in [0.15, 0.2) is 48.8 Å². The highest BCUT2D eigenvalue weighted by atomic mass is 16.5. The molecule has 1 aliphatic heterocycles. The molecule has 1 aromatic carbocycles. The Morgan fingerprint density at radius 1 is 1.25 bits per heavy atom. The monoisotopic (exact) mass is 326 g/mol. The SMILES string of the molecule is COc1cccc(CC(=O)N2C[C@@H](Cc3ccncc3)[C@H](O)C2)c1. The molecule has 1 aromatic heterocycles. The number of carbonyl (C=O) groups excluding carboxylic acids is 1. The Kier molecular flexibility index (Phi) is 5.11. The number of hydrogen-bond acceptors (Lipinski definition) is 4. The van der Waals surface area contributed by atoms with Gasteiger partial charge in [0.1, 0.15) is 5.75 Å². The summed E-state index contributed by atoms with van der Waals surface area (Å²) in [4.78, 5) is 18.3. The third-order valence-electron chi connectivity index (χ3n) is 4.50. The Hall–Kier alpha value is -2.40. The van der Waals surface area contributed by atoms with Crippen LogP contribution in [0.1, 0.15) is 11.1 Å². The third-order valence-corrected chi connectivity index (χ3v) is 4.50. The molecule has 5 nitrogen and oxygen atoms in total. The van der Waals surface area contributed by atoms with Gasteiger partial charge in [0.15, 0.2) is 0 Å². The second-order valence-corrected chi connectivity index (χ2v) is 6.21. The number of amides is 1. The molecule has 2 atom stereocenters. The maximum absolute atomic E-state index is 12.5. The minimum atomic E-state index is -0.479. The van der Waals surface area contributed by atoms with Gasteiger partial charge in [0.25, 0.3) is 0 Å². The average molecular weight is 326 g/mol. The van der Waals surface area contributed by atoms with Crippen molar-refractivity contribution < 1.29 is 14.6 Å². The van der Waals surface area contributed by atoms with Crippen LogP contribution in [0, 0.1) is 5.92 Å². The van der Waals surface area contributed by atoms with Crippen molar-refractivity contribution in [3.05, 3.63) is 59.9 Å². The molecule has 1 amide bonds. The minimum absolute atomic E-state index is 0.0412. The van der Waals surface area contributed by atoms with Crippen LogP contribution in [0.5, 0.6) is 5.75 Å². The Morgan fingerprint density at radius 3 is 2.79 bits per heavy atom. The van der Waals surface area contributed by atoms with Crippen molar-refractivity contribution in [1.29, 1.82) is 0 Å². The number of likely N-dealkylation sites (tertiary alicyclic amines) is 1. The molecule has 1 saturated heterocycles. The van der Waals surface area contributed by atoms with E-state index in [0.717, 1.165) is 23.3 Å². The first-order valence-electron chi connectivity index (χ1n) is 8.13. The summed E-state index contributed by atoms with van der Waals surface area (Å²) in [5, 5.41) is 10.3. The van der Waals surface area contributed by atoms with Crippen LogP contribution >= 0.6 is 0 Å². The Labute approximate surface area is 141 Å². The van der Waals surface area contributed by atoms with Crippen molar-refractivity contribution in [1.82, 2.24) is 9.88 Å². The molecule has 126 valence electrons. The number of hydrogen-bond donors (Lipinski definition) is 1. The fraction of sp³-hybridized carbons (Fsp3) is 0.368. The fourth-order valence-corrected chi connectivity index (χ4v) is 3.15. The zero-order valence-electron chi connectivity index (χ0n) is 13.8. The second-order valence-electron chi connectivity index (χ2n) is 6.21. The van der Waals surface area contributed by atoms with Crippen molar-refractivity contribution in [3.63, 3.8) is 0 Å². The molecule has 2 heterocycles. The standard InChI is InChI=1S/C19H22N2O3/c1-24-17-4-2-3-15(10-17)11-19(23)21-12-16(18(22)13-21)9-14-5-7-20-8-6-14/h2-8,10,16,18,22H,9,11-13H2,1H3/t16-,18-/m1/s1. The lowest BCUT2D eigenvalue weighted by atomic mass is 9.97. The van der Waals surface area contributed by atoms with Crippen molar-refractivity contribution in [3.8, 4) is 5.75 Å². The zero-order chi connectivity index (χ0) is 16.9. The van der Waals surface area contributed by atoms with E-state index in [4.69, 9.17) is 4.74 Å². The van der Waals surface area contributed by atoms with E-state index in [1.807, 2.05) is 36.4 Å². The second kappa shape index (κ2) is 7.45. The number of carbonyl (C=O) groups is 1. The number of β-amino-alcohol motifs (C(OH)–C–C–N with tert-alkyl or cyclic N) is 1. The summed E-state index contributed by atoms with van der Waals surface area (Å²) >= 11 is 0. The lowest BCUT2D eigenvalue weighted by Gasteiger charge is -2.16. The van der Waals surface area contributed by atoms with Crippen LogP contribution in [0.25, 0.3) is 0 Å². The highest BCUT2D eigenvalue weighted by Crippen LogP contribution is 2.22. The van der Waals surface area contributed by atoms with Gasteiger partial charge in [0, 0.05) is 31.4 Å². The van der Waals surface area contributed by atoms with E-state index in [2.05, 4.69) is 4.98 Å². The van der Waals surface area contributed by atoms with Gasteiger partial charge in [-0.2, -0.15) is 0 Å². The number of nitrogens with zero attached hydrogens (tertiary/aromatic N) is 2. The molecule has 1 fully saturated rings. The van der Waals surface area contributed by atoms with Gasteiger partial charge in [-0.05, 0) is 41.8 Å². The van der Waals surface area contributed by atoms with Gasteiger partial charge in [-0.3, -0.25) is 9.78 Å². The number of ether oxygens (including phenoxy) is 1. The lowest BCUT2D eigenvalue weighted by molar-refractivity contribution is -0.129. The molecule has 0 radical (unpaired) electrons. The largest absolute Gasteiger partial charge is 0.497 e. The first kappa shape index (κ1) is 16.5.